The van der Waals surface area contributed by atoms with Gasteiger partial charge >= 0.3 is 5.97 Å². The number of benzene rings is 1. The number of carboxylic acid groups (broad SMARTS) is 1. The predicted molar refractivity (Wildman–Crippen MR) is 71.4 cm³/mol. The zero-order valence-electron chi connectivity index (χ0n) is 10.7. The van der Waals surface area contributed by atoms with E-state index in [0.717, 1.165) is 12.8 Å². The summed E-state index contributed by atoms with van der Waals surface area (Å²) in [6, 6.07) is 6.06. The fraction of sp³-hybridized carbons (Fsp3) is 0.462. The summed E-state index contributed by atoms with van der Waals surface area (Å²) in [5.41, 5.74) is 0.611. The SMILES string of the molecule is CN(CC1CC1)S(=O)(=O)Cc1cccc(C(=O)O)c1. The van der Waals surface area contributed by atoms with Crippen molar-refractivity contribution in [3.05, 3.63) is 35.4 Å². The molecule has 1 aromatic carbocycles. The van der Waals surface area contributed by atoms with Crippen molar-refractivity contribution in [2.24, 2.45) is 5.92 Å². The lowest BCUT2D eigenvalue weighted by Gasteiger charge is -2.16. The Bertz CT molecular complexity index is 578. The quantitative estimate of drug-likeness (QED) is 0.859. The highest BCUT2D eigenvalue weighted by Crippen LogP contribution is 2.30. The maximum atomic E-state index is 12.1. The van der Waals surface area contributed by atoms with Gasteiger partial charge in [-0.05, 0) is 36.5 Å². The first-order chi connectivity index (χ1) is 8.88. The molecule has 2 rings (SSSR count). The average Bonchev–Trinajstić information content (AvgIpc) is 3.12. The third kappa shape index (κ3) is 3.78. The minimum Gasteiger partial charge on any atom is -0.478 e. The van der Waals surface area contributed by atoms with E-state index in [1.165, 1.54) is 16.4 Å². The van der Waals surface area contributed by atoms with Crippen LogP contribution in [0.25, 0.3) is 0 Å². The van der Waals surface area contributed by atoms with Gasteiger partial charge in [-0.1, -0.05) is 12.1 Å². The van der Waals surface area contributed by atoms with Gasteiger partial charge in [0.1, 0.15) is 0 Å². The third-order valence-corrected chi connectivity index (χ3v) is 5.01. The molecule has 0 unspecified atom stereocenters. The molecule has 0 radical (unpaired) electrons. The highest BCUT2D eigenvalue weighted by atomic mass is 32.2. The summed E-state index contributed by atoms with van der Waals surface area (Å²) in [5, 5.41) is 8.88. The lowest BCUT2D eigenvalue weighted by Crippen LogP contribution is -2.30. The normalized spacial score (nSPS) is 15.7. The van der Waals surface area contributed by atoms with Crippen LogP contribution in [0.1, 0.15) is 28.8 Å². The van der Waals surface area contributed by atoms with Gasteiger partial charge in [-0.25, -0.2) is 17.5 Å². The number of nitrogens with zero attached hydrogens (tertiary/aromatic N) is 1. The second kappa shape index (κ2) is 5.30. The first-order valence-corrected chi connectivity index (χ1v) is 7.75. The van der Waals surface area contributed by atoms with E-state index in [0.29, 0.717) is 18.0 Å². The highest BCUT2D eigenvalue weighted by Gasteiger charge is 2.28. The van der Waals surface area contributed by atoms with Gasteiger partial charge in [-0.15, -0.1) is 0 Å². The summed E-state index contributed by atoms with van der Waals surface area (Å²) < 4.78 is 25.6. The van der Waals surface area contributed by atoms with Gasteiger partial charge < -0.3 is 5.11 Å². The number of hydrogen-bond donors (Lipinski definition) is 1. The summed E-state index contributed by atoms with van der Waals surface area (Å²) in [6.07, 6.45) is 2.18. The van der Waals surface area contributed by atoms with Gasteiger partial charge in [0.25, 0.3) is 0 Å². The molecule has 0 saturated heterocycles. The van der Waals surface area contributed by atoms with E-state index in [1.807, 2.05) is 0 Å². The molecule has 0 spiro atoms. The fourth-order valence-corrected chi connectivity index (χ4v) is 3.15. The number of hydrogen-bond acceptors (Lipinski definition) is 3. The molecule has 1 aliphatic carbocycles. The molecule has 0 atom stereocenters. The maximum Gasteiger partial charge on any atom is 0.335 e. The summed E-state index contributed by atoms with van der Waals surface area (Å²) >= 11 is 0. The number of rotatable bonds is 6. The van der Waals surface area contributed by atoms with Gasteiger partial charge in [-0.3, -0.25) is 0 Å². The van der Waals surface area contributed by atoms with Gasteiger partial charge in [0.2, 0.25) is 10.0 Å². The van der Waals surface area contributed by atoms with Crippen molar-refractivity contribution in [3.63, 3.8) is 0 Å². The molecule has 1 aromatic rings. The number of sulfonamides is 1. The molecule has 0 aliphatic heterocycles. The number of carbonyl (C=O) groups is 1. The Morgan fingerprint density at radius 3 is 2.68 bits per heavy atom. The van der Waals surface area contributed by atoms with E-state index < -0.39 is 16.0 Å². The molecule has 0 amide bonds. The van der Waals surface area contributed by atoms with Crippen LogP contribution in [0.3, 0.4) is 0 Å². The summed E-state index contributed by atoms with van der Waals surface area (Å²) in [5.74, 6) is -0.715. The van der Waals surface area contributed by atoms with E-state index in [1.54, 1.807) is 19.2 Å². The minimum absolute atomic E-state index is 0.109. The van der Waals surface area contributed by atoms with Gasteiger partial charge in [0.05, 0.1) is 11.3 Å². The van der Waals surface area contributed by atoms with E-state index in [2.05, 4.69) is 0 Å². The molecule has 1 N–H and O–H groups in total. The monoisotopic (exact) mass is 283 g/mol. The first-order valence-electron chi connectivity index (χ1n) is 6.15. The zero-order chi connectivity index (χ0) is 14.0. The minimum atomic E-state index is -3.37. The molecule has 1 saturated carbocycles. The molecule has 6 heteroatoms. The van der Waals surface area contributed by atoms with Crippen molar-refractivity contribution in [2.75, 3.05) is 13.6 Å². The third-order valence-electron chi connectivity index (χ3n) is 3.21. The van der Waals surface area contributed by atoms with Crippen molar-refractivity contribution in [3.8, 4) is 0 Å². The standard InChI is InChI=1S/C13H17NO4S/c1-14(8-10-5-6-10)19(17,18)9-11-3-2-4-12(7-11)13(15)16/h2-4,7,10H,5-6,8-9H2,1H3,(H,15,16). The molecule has 0 bridgehead atoms. The second-order valence-electron chi connectivity index (χ2n) is 4.99. The Balaban J connectivity index is 2.10. The largest absolute Gasteiger partial charge is 0.478 e. The van der Waals surface area contributed by atoms with Crippen LogP contribution in [0.5, 0.6) is 0 Å². The molecule has 19 heavy (non-hydrogen) atoms. The highest BCUT2D eigenvalue weighted by molar-refractivity contribution is 7.88. The molecular weight excluding hydrogens is 266 g/mol. The Morgan fingerprint density at radius 2 is 2.11 bits per heavy atom. The van der Waals surface area contributed by atoms with Crippen LogP contribution in [-0.4, -0.2) is 37.4 Å². The van der Waals surface area contributed by atoms with Gasteiger partial charge in [0.15, 0.2) is 0 Å². The topological polar surface area (TPSA) is 74.7 Å². The molecule has 1 aliphatic rings. The van der Waals surface area contributed by atoms with Crippen LogP contribution in [-0.2, 0) is 15.8 Å². The van der Waals surface area contributed by atoms with E-state index >= 15 is 0 Å². The fourth-order valence-electron chi connectivity index (χ4n) is 1.89. The van der Waals surface area contributed by atoms with Crippen LogP contribution < -0.4 is 0 Å². The van der Waals surface area contributed by atoms with Crippen LogP contribution in [0.15, 0.2) is 24.3 Å². The molecular formula is C13H17NO4S. The summed E-state index contributed by atoms with van der Waals surface area (Å²) in [7, 11) is -1.79. The van der Waals surface area contributed by atoms with E-state index in [9.17, 15) is 13.2 Å². The van der Waals surface area contributed by atoms with Crippen molar-refractivity contribution >= 4 is 16.0 Å². The van der Waals surface area contributed by atoms with Crippen molar-refractivity contribution in [1.82, 2.24) is 4.31 Å². The summed E-state index contributed by atoms with van der Waals surface area (Å²) in [6.45, 7) is 0.557. The van der Waals surface area contributed by atoms with Crippen molar-refractivity contribution < 1.29 is 18.3 Å². The Hall–Kier alpha value is -1.40. The Morgan fingerprint density at radius 1 is 1.42 bits per heavy atom. The van der Waals surface area contributed by atoms with E-state index in [-0.39, 0.29) is 11.3 Å². The molecule has 5 nitrogen and oxygen atoms in total. The van der Waals surface area contributed by atoms with Gasteiger partial charge in [-0.2, -0.15) is 0 Å². The van der Waals surface area contributed by atoms with Crippen molar-refractivity contribution in [1.29, 1.82) is 0 Å². The van der Waals surface area contributed by atoms with Gasteiger partial charge in [0, 0.05) is 13.6 Å². The maximum absolute atomic E-state index is 12.1. The molecule has 0 aromatic heterocycles. The number of aromatic carboxylic acids is 1. The van der Waals surface area contributed by atoms with Crippen LogP contribution in [0.4, 0.5) is 0 Å². The number of carboxylic acids is 1. The lowest BCUT2D eigenvalue weighted by molar-refractivity contribution is 0.0696. The summed E-state index contributed by atoms with van der Waals surface area (Å²) in [4.78, 5) is 10.8. The van der Waals surface area contributed by atoms with E-state index in [4.69, 9.17) is 5.11 Å². The molecule has 0 heterocycles. The predicted octanol–water partition coefficient (Wildman–Crippen LogP) is 1.56. The smallest absolute Gasteiger partial charge is 0.335 e. The molecule has 1 fully saturated rings. The Kier molecular flexibility index (Phi) is 3.91. The first kappa shape index (κ1) is 14.0. The molecule has 104 valence electrons. The zero-order valence-corrected chi connectivity index (χ0v) is 11.6. The Labute approximate surface area is 112 Å². The second-order valence-corrected chi connectivity index (χ2v) is 7.06. The van der Waals surface area contributed by atoms with Crippen LogP contribution in [0.2, 0.25) is 0 Å². The lowest BCUT2D eigenvalue weighted by atomic mass is 10.1. The van der Waals surface area contributed by atoms with Crippen molar-refractivity contribution in [2.45, 2.75) is 18.6 Å². The average molecular weight is 283 g/mol. The van der Waals surface area contributed by atoms with Crippen LogP contribution >= 0.6 is 0 Å². The van der Waals surface area contributed by atoms with Crippen LogP contribution in [0, 0.1) is 5.92 Å².